The van der Waals surface area contributed by atoms with E-state index in [-0.39, 0.29) is 5.97 Å². The minimum Gasteiger partial charge on any atom is -0.478 e. The number of carbonyl (C=O) groups excluding carboxylic acids is 1. The lowest BCUT2D eigenvalue weighted by molar-refractivity contribution is -0.143. The van der Waals surface area contributed by atoms with E-state index in [1.165, 1.54) is 0 Å². The van der Waals surface area contributed by atoms with Crippen LogP contribution in [0.5, 0.6) is 0 Å². The van der Waals surface area contributed by atoms with E-state index in [1.54, 1.807) is 13.0 Å². The molecule has 1 aromatic rings. The van der Waals surface area contributed by atoms with E-state index in [4.69, 9.17) is 9.84 Å². The van der Waals surface area contributed by atoms with Gasteiger partial charge in [-0.2, -0.15) is 0 Å². The molecule has 19 heavy (non-hydrogen) atoms. The minimum atomic E-state index is -0.976. The maximum absolute atomic E-state index is 11.3. The second kappa shape index (κ2) is 7.36. The van der Waals surface area contributed by atoms with Crippen LogP contribution in [-0.2, 0) is 20.7 Å². The summed E-state index contributed by atoms with van der Waals surface area (Å²) in [5.41, 5.74) is 2.87. The van der Waals surface area contributed by atoms with E-state index in [9.17, 15) is 9.59 Å². The Morgan fingerprint density at radius 2 is 2.11 bits per heavy atom. The number of carboxylic acid groups (broad SMARTS) is 1. The van der Waals surface area contributed by atoms with Crippen LogP contribution < -0.4 is 0 Å². The molecule has 0 unspecified atom stereocenters. The molecule has 4 nitrogen and oxygen atoms in total. The summed E-state index contributed by atoms with van der Waals surface area (Å²) in [5, 5.41) is 8.62. The number of benzene rings is 1. The molecule has 102 valence electrons. The zero-order valence-corrected chi connectivity index (χ0v) is 11.2. The molecule has 4 heteroatoms. The third-order valence-electron chi connectivity index (χ3n) is 2.80. The number of rotatable bonds is 6. The Morgan fingerprint density at radius 1 is 1.37 bits per heavy atom. The van der Waals surface area contributed by atoms with Crippen molar-refractivity contribution < 1.29 is 19.4 Å². The molecule has 0 saturated heterocycles. The molecule has 0 heterocycles. The van der Waals surface area contributed by atoms with E-state index in [0.29, 0.717) is 19.4 Å². The molecule has 0 amide bonds. The van der Waals surface area contributed by atoms with Crippen molar-refractivity contribution in [2.75, 3.05) is 6.61 Å². The molecule has 1 N–H and O–H groups in total. The van der Waals surface area contributed by atoms with Crippen molar-refractivity contribution in [3.63, 3.8) is 0 Å². The molecule has 0 saturated carbocycles. The fourth-order valence-electron chi connectivity index (χ4n) is 1.79. The summed E-state index contributed by atoms with van der Waals surface area (Å²) in [7, 11) is 0. The number of hydrogen-bond donors (Lipinski definition) is 1. The Labute approximate surface area is 112 Å². The van der Waals surface area contributed by atoms with Gasteiger partial charge in [-0.15, -0.1) is 0 Å². The first kappa shape index (κ1) is 15.0. The van der Waals surface area contributed by atoms with Crippen LogP contribution in [-0.4, -0.2) is 23.7 Å². The summed E-state index contributed by atoms with van der Waals surface area (Å²) in [6, 6.07) is 5.64. The predicted molar refractivity (Wildman–Crippen MR) is 72.8 cm³/mol. The Morgan fingerprint density at radius 3 is 2.74 bits per heavy atom. The highest BCUT2D eigenvalue weighted by atomic mass is 16.5. The van der Waals surface area contributed by atoms with Crippen LogP contribution in [0.25, 0.3) is 6.08 Å². The van der Waals surface area contributed by atoms with Crippen molar-refractivity contribution >= 4 is 18.0 Å². The lowest BCUT2D eigenvalue weighted by atomic mass is 9.98. The maximum Gasteiger partial charge on any atom is 0.328 e. The molecule has 1 aromatic carbocycles. The van der Waals surface area contributed by atoms with E-state index in [2.05, 4.69) is 0 Å². The Hall–Kier alpha value is -2.10. The minimum absolute atomic E-state index is 0.214. The monoisotopic (exact) mass is 262 g/mol. The van der Waals surface area contributed by atoms with Crippen LogP contribution in [0.4, 0.5) is 0 Å². The predicted octanol–water partition coefficient (Wildman–Crippen LogP) is 2.59. The molecule has 0 spiro atoms. The first-order valence-electron chi connectivity index (χ1n) is 6.19. The second-order valence-corrected chi connectivity index (χ2v) is 4.11. The highest BCUT2D eigenvalue weighted by Gasteiger charge is 2.06. The van der Waals surface area contributed by atoms with Gasteiger partial charge in [-0.05, 0) is 43.0 Å². The van der Waals surface area contributed by atoms with E-state index >= 15 is 0 Å². The van der Waals surface area contributed by atoms with Crippen molar-refractivity contribution in [2.24, 2.45) is 0 Å². The van der Waals surface area contributed by atoms with Gasteiger partial charge in [-0.25, -0.2) is 4.79 Å². The summed E-state index contributed by atoms with van der Waals surface area (Å²) in [5.74, 6) is -1.19. The topological polar surface area (TPSA) is 63.6 Å². The van der Waals surface area contributed by atoms with Gasteiger partial charge in [0.25, 0.3) is 0 Å². The van der Waals surface area contributed by atoms with Gasteiger partial charge in [0.05, 0.1) is 6.61 Å². The van der Waals surface area contributed by atoms with E-state index < -0.39 is 5.97 Å². The van der Waals surface area contributed by atoms with E-state index in [0.717, 1.165) is 22.8 Å². The van der Waals surface area contributed by atoms with Crippen LogP contribution in [0.1, 0.15) is 30.0 Å². The van der Waals surface area contributed by atoms with Gasteiger partial charge in [0.2, 0.25) is 0 Å². The second-order valence-electron chi connectivity index (χ2n) is 4.11. The number of esters is 1. The molecule has 0 radical (unpaired) electrons. The normalized spacial score (nSPS) is 10.6. The molecule has 0 aliphatic carbocycles. The molecule has 0 aromatic heterocycles. The molecule has 0 bridgehead atoms. The molecule has 0 aliphatic rings. The van der Waals surface area contributed by atoms with Gasteiger partial charge < -0.3 is 9.84 Å². The standard InChI is InChI=1S/C15H18O4/c1-3-19-15(18)10-8-13-6-4-5-12(11(13)2)7-9-14(16)17/h4-7,9H,3,8,10H2,1-2H3,(H,16,17)/b9-7+. The zero-order valence-electron chi connectivity index (χ0n) is 11.2. The average molecular weight is 262 g/mol. The van der Waals surface area contributed by atoms with Crippen molar-refractivity contribution in [1.29, 1.82) is 0 Å². The third kappa shape index (κ3) is 4.95. The van der Waals surface area contributed by atoms with Crippen molar-refractivity contribution in [3.8, 4) is 0 Å². The Kier molecular flexibility index (Phi) is 5.79. The summed E-state index contributed by atoms with van der Waals surface area (Å²) in [4.78, 5) is 21.8. The van der Waals surface area contributed by atoms with Crippen LogP contribution in [0, 0.1) is 6.92 Å². The zero-order chi connectivity index (χ0) is 14.3. The molecule has 1 rings (SSSR count). The Balaban J connectivity index is 2.77. The number of ether oxygens (including phenoxy) is 1. The first-order valence-corrected chi connectivity index (χ1v) is 6.19. The summed E-state index contributed by atoms with van der Waals surface area (Å²) >= 11 is 0. The number of hydrogen-bond acceptors (Lipinski definition) is 3. The van der Waals surface area contributed by atoms with Crippen LogP contribution >= 0.6 is 0 Å². The molecule has 0 aliphatic heterocycles. The highest BCUT2D eigenvalue weighted by molar-refractivity contribution is 5.85. The lowest BCUT2D eigenvalue weighted by Crippen LogP contribution is -2.06. The number of aryl methyl sites for hydroxylation is 1. The fourth-order valence-corrected chi connectivity index (χ4v) is 1.79. The molecule has 0 fully saturated rings. The molecular formula is C15H18O4. The largest absolute Gasteiger partial charge is 0.478 e. The van der Waals surface area contributed by atoms with Gasteiger partial charge in [-0.1, -0.05) is 18.2 Å². The highest BCUT2D eigenvalue weighted by Crippen LogP contribution is 2.17. The quantitative estimate of drug-likeness (QED) is 0.632. The van der Waals surface area contributed by atoms with Crippen LogP contribution in [0.3, 0.4) is 0 Å². The van der Waals surface area contributed by atoms with Crippen molar-refractivity contribution in [3.05, 3.63) is 41.0 Å². The maximum atomic E-state index is 11.3. The molecular weight excluding hydrogens is 244 g/mol. The lowest BCUT2D eigenvalue weighted by Gasteiger charge is -2.08. The van der Waals surface area contributed by atoms with E-state index in [1.807, 2.05) is 25.1 Å². The third-order valence-corrected chi connectivity index (χ3v) is 2.80. The van der Waals surface area contributed by atoms with Crippen molar-refractivity contribution in [2.45, 2.75) is 26.7 Å². The Bertz CT molecular complexity index is 489. The summed E-state index contributed by atoms with van der Waals surface area (Å²) in [6.07, 6.45) is 3.60. The van der Waals surface area contributed by atoms with Gasteiger partial charge in [0.15, 0.2) is 0 Å². The number of carbonyl (C=O) groups is 2. The SMILES string of the molecule is CCOC(=O)CCc1cccc(/C=C/C(=O)O)c1C. The fraction of sp³-hybridized carbons (Fsp3) is 0.333. The van der Waals surface area contributed by atoms with Gasteiger partial charge in [0, 0.05) is 12.5 Å². The van der Waals surface area contributed by atoms with Crippen LogP contribution in [0.2, 0.25) is 0 Å². The summed E-state index contributed by atoms with van der Waals surface area (Å²) < 4.78 is 4.88. The first-order chi connectivity index (χ1) is 9.04. The van der Waals surface area contributed by atoms with Gasteiger partial charge >= 0.3 is 11.9 Å². The molecule has 0 atom stereocenters. The van der Waals surface area contributed by atoms with Gasteiger partial charge in [-0.3, -0.25) is 4.79 Å². The summed E-state index contributed by atoms with van der Waals surface area (Å²) in [6.45, 7) is 4.09. The van der Waals surface area contributed by atoms with Crippen LogP contribution in [0.15, 0.2) is 24.3 Å². The van der Waals surface area contributed by atoms with Crippen molar-refractivity contribution in [1.82, 2.24) is 0 Å². The smallest absolute Gasteiger partial charge is 0.328 e. The number of carboxylic acids is 1. The number of aliphatic carboxylic acids is 1. The van der Waals surface area contributed by atoms with Gasteiger partial charge in [0.1, 0.15) is 0 Å². The average Bonchev–Trinajstić information content (AvgIpc) is 2.36.